The SMILES string of the molecule is FC(F)(F)c1ccccc1Nc1ccsc1. The normalized spacial score (nSPS) is 11.4. The number of thiophene rings is 1. The maximum atomic E-state index is 12.6. The van der Waals surface area contributed by atoms with E-state index >= 15 is 0 Å². The van der Waals surface area contributed by atoms with Crippen molar-refractivity contribution in [2.45, 2.75) is 6.18 Å². The molecule has 1 heterocycles. The number of halogens is 3. The standard InChI is InChI=1S/C11H8F3NS/c12-11(13,14)9-3-1-2-4-10(9)15-8-5-6-16-7-8/h1-7,15H. The van der Waals surface area contributed by atoms with E-state index in [1.165, 1.54) is 23.5 Å². The Balaban J connectivity index is 2.34. The highest BCUT2D eigenvalue weighted by Crippen LogP contribution is 2.35. The highest BCUT2D eigenvalue weighted by molar-refractivity contribution is 7.08. The van der Waals surface area contributed by atoms with Gasteiger partial charge in [0.1, 0.15) is 0 Å². The average Bonchev–Trinajstić information content (AvgIpc) is 2.70. The van der Waals surface area contributed by atoms with E-state index in [9.17, 15) is 13.2 Å². The second-order valence-corrected chi connectivity index (χ2v) is 3.96. The van der Waals surface area contributed by atoms with Crippen LogP contribution in [0.4, 0.5) is 24.5 Å². The molecule has 0 aliphatic carbocycles. The third-order valence-corrected chi connectivity index (χ3v) is 2.72. The largest absolute Gasteiger partial charge is 0.418 e. The molecule has 2 aromatic rings. The van der Waals surface area contributed by atoms with Crippen LogP contribution in [0.1, 0.15) is 5.56 Å². The summed E-state index contributed by atoms with van der Waals surface area (Å²) in [5, 5.41) is 6.31. The number of para-hydroxylation sites is 1. The summed E-state index contributed by atoms with van der Waals surface area (Å²) in [5.74, 6) is 0. The van der Waals surface area contributed by atoms with Gasteiger partial charge in [0, 0.05) is 11.1 Å². The van der Waals surface area contributed by atoms with Crippen molar-refractivity contribution >= 4 is 22.7 Å². The molecule has 0 amide bonds. The Hall–Kier alpha value is -1.49. The molecule has 1 N–H and O–H groups in total. The van der Waals surface area contributed by atoms with Gasteiger partial charge in [0.05, 0.1) is 11.3 Å². The predicted octanol–water partition coefficient (Wildman–Crippen LogP) is 4.51. The summed E-state index contributed by atoms with van der Waals surface area (Å²) in [5.41, 5.74) is 0.0938. The molecule has 0 bridgehead atoms. The van der Waals surface area contributed by atoms with Gasteiger partial charge in [0.2, 0.25) is 0 Å². The third kappa shape index (κ3) is 2.36. The number of hydrogen-bond acceptors (Lipinski definition) is 2. The Bertz CT molecular complexity index is 462. The van der Waals surface area contributed by atoms with Gasteiger partial charge in [0.25, 0.3) is 0 Å². The van der Waals surface area contributed by atoms with Crippen molar-refractivity contribution in [1.82, 2.24) is 0 Å². The minimum atomic E-state index is -4.33. The quantitative estimate of drug-likeness (QED) is 0.818. The number of anilines is 2. The molecule has 2 rings (SSSR count). The Labute approximate surface area is 94.5 Å². The summed E-state index contributed by atoms with van der Waals surface area (Å²) < 4.78 is 37.9. The van der Waals surface area contributed by atoms with Crippen LogP contribution >= 0.6 is 11.3 Å². The molecule has 16 heavy (non-hydrogen) atoms. The minimum absolute atomic E-state index is 0.0772. The van der Waals surface area contributed by atoms with Crippen LogP contribution in [-0.4, -0.2) is 0 Å². The van der Waals surface area contributed by atoms with Crippen LogP contribution < -0.4 is 5.32 Å². The zero-order chi connectivity index (χ0) is 11.6. The van der Waals surface area contributed by atoms with Crippen molar-refractivity contribution in [3.05, 3.63) is 46.7 Å². The molecule has 0 aliphatic heterocycles. The lowest BCUT2D eigenvalue weighted by molar-refractivity contribution is -0.136. The molecule has 0 spiro atoms. The van der Waals surface area contributed by atoms with Gasteiger partial charge in [-0.05, 0) is 23.6 Å². The molecule has 0 saturated heterocycles. The third-order valence-electron chi connectivity index (χ3n) is 2.03. The Morgan fingerprint density at radius 2 is 1.81 bits per heavy atom. The van der Waals surface area contributed by atoms with Gasteiger partial charge >= 0.3 is 6.18 Å². The van der Waals surface area contributed by atoms with Crippen LogP contribution in [0, 0.1) is 0 Å². The smallest absolute Gasteiger partial charge is 0.354 e. The van der Waals surface area contributed by atoms with E-state index in [1.807, 2.05) is 0 Å². The maximum absolute atomic E-state index is 12.6. The lowest BCUT2D eigenvalue weighted by atomic mass is 10.1. The van der Waals surface area contributed by atoms with Crippen molar-refractivity contribution in [2.75, 3.05) is 5.32 Å². The van der Waals surface area contributed by atoms with E-state index in [4.69, 9.17) is 0 Å². The number of benzene rings is 1. The predicted molar refractivity (Wildman–Crippen MR) is 59.0 cm³/mol. The fourth-order valence-corrected chi connectivity index (χ4v) is 1.92. The first-order valence-corrected chi connectivity index (χ1v) is 5.47. The molecule has 0 aliphatic rings. The van der Waals surface area contributed by atoms with Gasteiger partial charge in [-0.3, -0.25) is 0 Å². The lowest BCUT2D eigenvalue weighted by Gasteiger charge is -2.13. The van der Waals surface area contributed by atoms with E-state index < -0.39 is 11.7 Å². The van der Waals surface area contributed by atoms with Gasteiger partial charge in [-0.1, -0.05) is 12.1 Å². The minimum Gasteiger partial charge on any atom is -0.354 e. The summed E-state index contributed by atoms with van der Waals surface area (Å²) in [4.78, 5) is 0. The lowest BCUT2D eigenvalue weighted by Crippen LogP contribution is -2.08. The Morgan fingerprint density at radius 3 is 2.44 bits per heavy atom. The van der Waals surface area contributed by atoms with Gasteiger partial charge in [-0.2, -0.15) is 24.5 Å². The van der Waals surface area contributed by atoms with Crippen LogP contribution in [0.2, 0.25) is 0 Å². The molecule has 84 valence electrons. The molecule has 0 radical (unpaired) electrons. The fourth-order valence-electron chi connectivity index (χ4n) is 1.33. The summed E-state index contributed by atoms with van der Waals surface area (Å²) in [6, 6.07) is 7.17. The van der Waals surface area contributed by atoms with Gasteiger partial charge in [-0.15, -0.1) is 0 Å². The van der Waals surface area contributed by atoms with Gasteiger partial charge in [-0.25, -0.2) is 0 Å². The van der Waals surface area contributed by atoms with Crippen LogP contribution in [0.15, 0.2) is 41.1 Å². The number of hydrogen-bond donors (Lipinski definition) is 1. The summed E-state index contributed by atoms with van der Waals surface area (Å²) in [7, 11) is 0. The Morgan fingerprint density at radius 1 is 1.06 bits per heavy atom. The molecule has 0 atom stereocenters. The molecule has 1 aromatic heterocycles. The fraction of sp³-hybridized carbons (Fsp3) is 0.0909. The summed E-state index contributed by atoms with van der Waals surface area (Å²) in [6.07, 6.45) is -4.33. The van der Waals surface area contributed by atoms with Crippen molar-refractivity contribution in [1.29, 1.82) is 0 Å². The molecular weight excluding hydrogens is 235 g/mol. The molecule has 1 aromatic carbocycles. The number of alkyl halides is 3. The van der Waals surface area contributed by atoms with Crippen molar-refractivity contribution < 1.29 is 13.2 Å². The van der Waals surface area contributed by atoms with E-state index in [2.05, 4.69) is 5.32 Å². The van der Waals surface area contributed by atoms with Gasteiger partial charge < -0.3 is 5.32 Å². The van der Waals surface area contributed by atoms with Crippen molar-refractivity contribution in [2.24, 2.45) is 0 Å². The first-order chi connectivity index (χ1) is 7.57. The van der Waals surface area contributed by atoms with Crippen molar-refractivity contribution in [3.8, 4) is 0 Å². The second kappa shape index (κ2) is 4.17. The van der Waals surface area contributed by atoms with E-state index in [0.29, 0.717) is 5.69 Å². The zero-order valence-electron chi connectivity index (χ0n) is 8.08. The molecule has 1 nitrogen and oxygen atoms in total. The van der Waals surface area contributed by atoms with E-state index in [0.717, 1.165) is 6.07 Å². The highest BCUT2D eigenvalue weighted by Gasteiger charge is 2.33. The van der Waals surface area contributed by atoms with E-state index in [1.54, 1.807) is 22.9 Å². The van der Waals surface area contributed by atoms with Crippen molar-refractivity contribution in [3.63, 3.8) is 0 Å². The maximum Gasteiger partial charge on any atom is 0.418 e. The first-order valence-electron chi connectivity index (χ1n) is 4.53. The first kappa shape index (κ1) is 11.0. The zero-order valence-corrected chi connectivity index (χ0v) is 8.90. The van der Waals surface area contributed by atoms with Crippen LogP contribution in [-0.2, 0) is 6.18 Å². The van der Waals surface area contributed by atoms with Gasteiger partial charge in [0.15, 0.2) is 0 Å². The van der Waals surface area contributed by atoms with Crippen LogP contribution in [0.25, 0.3) is 0 Å². The average molecular weight is 243 g/mol. The molecule has 0 unspecified atom stereocenters. The second-order valence-electron chi connectivity index (χ2n) is 3.18. The number of nitrogens with one attached hydrogen (secondary N) is 1. The molecule has 5 heteroatoms. The molecular formula is C11H8F3NS. The highest BCUT2D eigenvalue weighted by atomic mass is 32.1. The summed E-state index contributed by atoms with van der Waals surface area (Å²) >= 11 is 1.43. The molecule has 0 saturated carbocycles. The van der Waals surface area contributed by atoms with E-state index in [-0.39, 0.29) is 5.69 Å². The Kier molecular flexibility index (Phi) is 2.87. The van der Waals surface area contributed by atoms with Crippen LogP contribution in [0.3, 0.4) is 0 Å². The topological polar surface area (TPSA) is 12.0 Å². The summed E-state index contributed by atoms with van der Waals surface area (Å²) in [6.45, 7) is 0. The molecule has 0 fully saturated rings. The van der Waals surface area contributed by atoms with Crippen LogP contribution in [0.5, 0.6) is 0 Å². The monoisotopic (exact) mass is 243 g/mol. The number of rotatable bonds is 2.